The summed E-state index contributed by atoms with van der Waals surface area (Å²) in [7, 11) is 0. The fourth-order valence-corrected chi connectivity index (χ4v) is 1.34. The maximum atomic E-state index is 13.3. The molecule has 1 fully saturated rings. The van der Waals surface area contributed by atoms with Crippen LogP contribution < -0.4 is 10.6 Å². The number of hydrogen-bond acceptors (Lipinski definition) is 3. The number of carbonyl (C=O) groups is 1. The summed E-state index contributed by atoms with van der Waals surface area (Å²) in [6.07, 6.45) is 1.69. The highest BCUT2D eigenvalue weighted by Gasteiger charge is 2.24. The number of nitrogens with zero attached hydrogens (tertiary/aromatic N) is 1. The summed E-state index contributed by atoms with van der Waals surface area (Å²) in [5.74, 6) is -2.35. The molecule has 1 aromatic rings. The van der Waals surface area contributed by atoms with Gasteiger partial charge in [-0.05, 0) is 12.8 Å². The Morgan fingerprint density at radius 2 is 2.00 bits per heavy atom. The molecule has 1 aliphatic rings. The van der Waals surface area contributed by atoms with E-state index in [-0.39, 0.29) is 6.04 Å². The number of nitro benzene ring substituents is 1. The number of benzene rings is 1. The van der Waals surface area contributed by atoms with Crippen molar-refractivity contribution >= 4 is 17.4 Å². The molecular formula is C10H9F2N3O3. The van der Waals surface area contributed by atoms with Crippen LogP contribution in [0.25, 0.3) is 0 Å². The van der Waals surface area contributed by atoms with Crippen molar-refractivity contribution < 1.29 is 18.5 Å². The number of nitrogens with one attached hydrogen (secondary N) is 2. The minimum Gasteiger partial charge on any atom is -0.335 e. The molecule has 0 spiro atoms. The molecule has 0 aliphatic heterocycles. The third kappa shape index (κ3) is 2.70. The number of halogens is 2. The monoisotopic (exact) mass is 257 g/mol. The normalized spacial score (nSPS) is 14.1. The Morgan fingerprint density at radius 1 is 1.33 bits per heavy atom. The van der Waals surface area contributed by atoms with E-state index in [9.17, 15) is 23.7 Å². The van der Waals surface area contributed by atoms with Gasteiger partial charge in [0, 0.05) is 18.2 Å². The van der Waals surface area contributed by atoms with Crippen molar-refractivity contribution in [1.29, 1.82) is 0 Å². The number of rotatable bonds is 3. The Kier molecular flexibility index (Phi) is 3.09. The van der Waals surface area contributed by atoms with E-state index in [1.165, 1.54) is 0 Å². The molecule has 0 unspecified atom stereocenters. The van der Waals surface area contributed by atoms with Crippen LogP contribution in [0.1, 0.15) is 12.8 Å². The quantitative estimate of drug-likeness (QED) is 0.642. The topological polar surface area (TPSA) is 84.3 Å². The number of anilines is 1. The van der Waals surface area contributed by atoms with Gasteiger partial charge in [0.1, 0.15) is 5.82 Å². The van der Waals surface area contributed by atoms with Crippen LogP contribution >= 0.6 is 0 Å². The molecule has 2 amide bonds. The fraction of sp³-hybridized carbons (Fsp3) is 0.300. The van der Waals surface area contributed by atoms with Crippen molar-refractivity contribution in [2.24, 2.45) is 0 Å². The van der Waals surface area contributed by atoms with Crippen LogP contribution in [0.4, 0.5) is 25.0 Å². The van der Waals surface area contributed by atoms with Crippen molar-refractivity contribution in [2.75, 3.05) is 5.32 Å². The lowest BCUT2D eigenvalue weighted by Gasteiger charge is -2.07. The molecule has 1 saturated carbocycles. The van der Waals surface area contributed by atoms with Gasteiger partial charge in [-0.3, -0.25) is 10.1 Å². The smallest absolute Gasteiger partial charge is 0.319 e. The van der Waals surface area contributed by atoms with E-state index in [1.54, 1.807) is 0 Å². The second-order valence-electron chi connectivity index (χ2n) is 3.91. The summed E-state index contributed by atoms with van der Waals surface area (Å²) in [5.41, 5.74) is -1.32. The van der Waals surface area contributed by atoms with Crippen LogP contribution in [0.15, 0.2) is 12.1 Å². The minimum absolute atomic E-state index is 0.0588. The number of carbonyl (C=O) groups excluding carboxylic acids is 1. The highest BCUT2D eigenvalue weighted by molar-refractivity contribution is 5.90. The minimum atomic E-state index is -1.29. The standard InChI is InChI=1S/C10H9F2N3O3/c11-6-3-7(12)9(15(17)18)4-8(6)14-10(16)13-5-1-2-5/h3-5H,1-2H2,(H2,13,14,16). The summed E-state index contributed by atoms with van der Waals surface area (Å²) in [4.78, 5) is 20.8. The first-order valence-corrected chi connectivity index (χ1v) is 5.18. The zero-order valence-corrected chi connectivity index (χ0v) is 9.07. The number of amides is 2. The molecule has 0 bridgehead atoms. The molecule has 0 radical (unpaired) electrons. The first kappa shape index (κ1) is 12.2. The maximum Gasteiger partial charge on any atom is 0.319 e. The third-order valence-electron chi connectivity index (χ3n) is 2.39. The molecule has 0 atom stereocenters. The highest BCUT2D eigenvalue weighted by Crippen LogP contribution is 2.25. The maximum absolute atomic E-state index is 13.3. The van der Waals surface area contributed by atoms with Gasteiger partial charge in [0.15, 0.2) is 0 Å². The molecule has 2 rings (SSSR count). The van der Waals surface area contributed by atoms with Crippen LogP contribution in [-0.2, 0) is 0 Å². The molecule has 1 aromatic carbocycles. The van der Waals surface area contributed by atoms with Crippen LogP contribution in [0.5, 0.6) is 0 Å². The van der Waals surface area contributed by atoms with E-state index >= 15 is 0 Å². The molecule has 0 heterocycles. The lowest BCUT2D eigenvalue weighted by Crippen LogP contribution is -2.30. The lowest BCUT2D eigenvalue weighted by molar-refractivity contribution is -0.387. The van der Waals surface area contributed by atoms with E-state index in [0.29, 0.717) is 12.1 Å². The highest BCUT2D eigenvalue weighted by atomic mass is 19.1. The van der Waals surface area contributed by atoms with Crippen molar-refractivity contribution in [1.82, 2.24) is 5.32 Å². The Balaban J connectivity index is 2.17. The number of hydrogen-bond donors (Lipinski definition) is 2. The molecule has 8 heteroatoms. The van der Waals surface area contributed by atoms with E-state index in [1.807, 2.05) is 0 Å². The summed E-state index contributed by atoms with van der Waals surface area (Å²) in [6, 6.07) is 0.406. The van der Waals surface area contributed by atoms with Crippen molar-refractivity contribution in [3.63, 3.8) is 0 Å². The van der Waals surface area contributed by atoms with Crippen LogP contribution in [0.2, 0.25) is 0 Å². The van der Waals surface area contributed by atoms with E-state index in [0.717, 1.165) is 12.8 Å². The average molecular weight is 257 g/mol. The molecule has 0 aromatic heterocycles. The predicted molar refractivity (Wildman–Crippen MR) is 58.2 cm³/mol. The summed E-state index contributed by atoms with van der Waals surface area (Å²) in [5, 5.41) is 15.1. The Hall–Kier alpha value is -2.25. The second-order valence-corrected chi connectivity index (χ2v) is 3.91. The first-order chi connectivity index (χ1) is 8.47. The molecular weight excluding hydrogens is 248 g/mol. The van der Waals surface area contributed by atoms with Crippen molar-refractivity contribution in [3.05, 3.63) is 33.9 Å². The summed E-state index contributed by atoms with van der Waals surface area (Å²) >= 11 is 0. The second kappa shape index (κ2) is 4.55. The van der Waals surface area contributed by atoms with Gasteiger partial charge in [-0.1, -0.05) is 0 Å². The zero-order valence-electron chi connectivity index (χ0n) is 9.07. The molecule has 6 nitrogen and oxygen atoms in total. The molecule has 96 valence electrons. The molecule has 0 saturated heterocycles. The van der Waals surface area contributed by atoms with Gasteiger partial charge in [-0.2, -0.15) is 4.39 Å². The van der Waals surface area contributed by atoms with Gasteiger partial charge in [0.05, 0.1) is 10.6 Å². The molecule has 1 aliphatic carbocycles. The van der Waals surface area contributed by atoms with Crippen LogP contribution in [-0.4, -0.2) is 17.0 Å². The van der Waals surface area contributed by atoms with Crippen molar-refractivity contribution in [3.8, 4) is 0 Å². The van der Waals surface area contributed by atoms with Crippen molar-refractivity contribution in [2.45, 2.75) is 18.9 Å². The van der Waals surface area contributed by atoms with E-state index in [2.05, 4.69) is 10.6 Å². The van der Waals surface area contributed by atoms with Gasteiger partial charge >= 0.3 is 11.7 Å². The summed E-state index contributed by atoms with van der Waals surface area (Å²) in [6.45, 7) is 0. The first-order valence-electron chi connectivity index (χ1n) is 5.18. The number of nitro groups is 1. The summed E-state index contributed by atoms with van der Waals surface area (Å²) < 4.78 is 26.3. The molecule has 2 N–H and O–H groups in total. The lowest BCUT2D eigenvalue weighted by atomic mass is 10.2. The fourth-order valence-electron chi connectivity index (χ4n) is 1.34. The van der Waals surface area contributed by atoms with Crippen LogP contribution in [0, 0.1) is 21.7 Å². The van der Waals surface area contributed by atoms with Gasteiger partial charge in [0.2, 0.25) is 5.82 Å². The van der Waals surface area contributed by atoms with E-state index < -0.39 is 34.0 Å². The predicted octanol–water partition coefficient (Wildman–Crippen LogP) is 2.16. The van der Waals surface area contributed by atoms with Gasteiger partial charge < -0.3 is 10.6 Å². The zero-order chi connectivity index (χ0) is 13.3. The Bertz CT molecular complexity index is 517. The SMILES string of the molecule is O=C(Nc1cc([N+](=O)[O-])c(F)cc1F)NC1CC1. The molecule has 18 heavy (non-hydrogen) atoms. The average Bonchev–Trinajstić information content (AvgIpc) is 3.05. The third-order valence-corrected chi connectivity index (χ3v) is 2.39. The number of urea groups is 1. The van der Waals surface area contributed by atoms with Gasteiger partial charge in [-0.15, -0.1) is 0 Å². The largest absolute Gasteiger partial charge is 0.335 e. The van der Waals surface area contributed by atoms with Gasteiger partial charge in [0.25, 0.3) is 0 Å². The van der Waals surface area contributed by atoms with E-state index in [4.69, 9.17) is 0 Å². The van der Waals surface area contributed by atoms with Crippen LogP contribution in [0.3, 0.4) is 0 Å². The Morgan fingerprint density at radius 3 is 2.56 bits per heavy atom. The van der Waals surface area contributed by atoms with Gasteiger partial charge in [-0.25, -0.2) is 9.18 Å². The Labute approximate surface area is 100 Å².